The third-order valence-electron chi connectivity index (χ3n) is 3.64. The molecule has 1 unspecified atom stereocenters. The van der Waals surface area contributed by atoms with E-state index in [1.165, 1.54) is 12.0 Å². The molecule has 1 N–H and O–H groups in total. The number of unbranched alkanes of at least 4 members (excludes halogenated alkanes) is 1. The number of nitrogens with zero attached hydrogens (tertiary/aromatic N) is 2. The van der Waals surface area contributed by atoms with E-state index in [-0.39, 0.29) is 6.10 Å². The molecule has 3 rings (SSSR count). The van der Waals surface area contributed by atoms with Gasteiger partial charge in [-0.15, -0.1) is 0 Å². The Labute approximate surface area is 119 Å². The number of hydrogen-bond acceptors (Lipinski definition) is 3. The Morgan fingerprint density at radius 3 is 3.15 bits per heavy atom. The lowest BCUT2D eigenvalue weighted by Gasteiger charge is -2.14. The van der Waals surface area contributed by atoms with Gasteiger partial charge in [0.15, 0.2) is 0 Å². The zero-order chi connectivity index (χ0) is 13.8. The molecule has 2 aromatic rings. The van der Waals surface area contributed by atoms with Crippen LogP contribution in [0.15, 0.2) is 36.7 Å². The Balaban J connectivity index is 1.61. The molecule has 4 heteroatoms. The molecule has 20 heavy (non-hydrogen) atoms. The molecule has 0 bridgehead atoms. The van der Waals surface area contributed by atoms with Gasteiger partial charge in [-0.25, -0.2) is 4.98 Å². The number of fused-ring (bicyclic) bond motifs is 1. The van der Waals surface area contributed by atoms with Gasteiger partial charge < -0.3 is 14.6 Å². The van der Waals surface area contributed by atoms with Crippen LogP contribution in [-0.2, 0) is 13.0 Å². The number of para-hydroxylation sites is 1. The van der Waals surface area contributed by atoms with E-state index >= 15 is 0 Å². The van der Waals surface area contributed by atoms with Crippen LogP contribution in [0.4, 0.5) is 5.95 Å². The third kappa shape index (κ3) is 2.79. The van der Waals surface area contributed by atoms with Crippen molar-refractivity contribution in [1.82, 2.24) is 9.55 Å². The fraction of sp³-hybridized carbons (Fsp3) is 0.438. The van der Waals surface area contributed by atoms with Gasteiger partial charge in [-0.2, -0.15) is 0 Å². The number of rotatable bonds is 6. The zero-order valence-electron chi connectivity index (χ0n) is 11.9. The molecule has 1 aliphatic rings. The summed E-state index contributed by atoms with van der Waals surface area (Å²) in [6.07, 6.45) is 7.39. The molecule has 0 fully saturated rings. The largest absolute Gasteiger partial charge is 0.488 e. The number of benzene rings is 1. The van der Waals surface area contributed by atoms with E-state index in [0.29, 0.717) is 0 Å². The number of ether oxygens (including phenoxy) is 1. The minimum absolute atomic E-state index is 0.202. The molecule has 106 valence electrons. The predicted octanol–water partition coefficient (Wildman–Crippen LogP) is 3.10. The fourth-order valence-corrected chi connectivity index (χ4v) is 2.58. The summed E-state index contributed by atoms with van der Waals surface area (Å²) < 4.78 is 8.13. The van der Waals surface area contributed by atoms with Crippen LogP contribution in [-0.4, -0.2) is 22.2 Å². The van der Waals surface area contributed by atoms with E-state index < -0.39 is 0 Å². The molecule has 1 atom stereocenters. The van der Waals surface area contributed by atoms with Crippen LogP contribution < -0.4 is 10.1 Å². The van der Waals surface area contributed by atoms with Gasteiger partial charge in [0.05, 0.1) is 6.54 Å². The summed E-state index contributed by atoms with van der Waals surface area (Å²) in [6, 6.07) is 8.28. The third-order valence-corrected chi connectivity index (χ3v) is 3.64. The first-order valence-electron chi connectivity index (χ1n) is 7.36. The molecule has 0 aliphatic carbocycles. The van der Waals surface area contributed by atoms with E-state index in [0.717, 1.165) is 37.6 Å². The second-order valence-electron chi connectivity index (χ2n) is 5.24. The summed E-state index contributed by atoms with van der Waals surface area (Å²) >= 11 is 0. The van der Waals surface area contributed by atoms with E-state index in [4.69, 9.17) is 4.74 Å². The van der Waals surface area contributed by atoms with Crippen LogP contribution in [0.2, 0.25) is 0 Å². The maximum Gasteiger partial charge on any atom is 0.202 e. The molecule has 0 radical (unpaired) electrons. The minimum atomic E-state index is 0.202. The number of nitrogens with one attached hydrogen (secondary N) is 1. The first-order chi connectivity index (χ1) is 9.86. The van der Waals surface area contributed by atoms with Crippen LogP contribution in [0.5, 0.6) is 5.75 Å². The van der Waals surface area contributed by atoms with Crippen molar-refractivity contribution >= 4 is 5.95 Å². The second-order valence-corrected chi connectivity index (χ2v) is 5.24. The van der Waals surface area contributed by atoms with Gasteiger partial charge in [-0.1, -0.05) is 31.5 Å². The van der Waals surface area contributed by atoms with Crippen LogP contribution in [0.25, 0.3) is 0 Å². The lowest BCUT2D eigenvalue weighted by Crippen LogP contribution is -2.22. The zero-order valence-corrected chi connectivity index (χ0v) is 11.9. The standard InChI is InChI=1S/C16H21N3O/c1-2-3-8-17-16-18-9-10-19(16)12-14-11-13-6-4-5-7-15(13)20-14/h4-7,9-10,14H,2-3,8,11-12H2,1H3,(H,17,18). The van der Waals surface area contributed by atoms with Crippen LogP contribution in [0, 0.1) is 0 Å². The van der Waals surface area contributed by atoms with E-state index in [1.54, 1.807) is 0 Å². The average molecular weight is 271 g/mol. The molecule has 2 heterocycles. The number of imidazole rings is 1. The average Bonchev–Trinajstić information content (AvgIpc) is 3.06. The molecule has 1 aliphatic heterocycles. The Hall–Kier alpha value is -1.97. The highest BCUT2D eigenvalue weighted by atomic mass is 16.5. The Kier molecular flexibility index (Phi) is 3.90. The second kappa shape index (κ2) is 5.99. The van der Waals surface area contributed by atoms with Gasteiger partial charge in [0, 0.05) is 25.4 Å². The Morgan fingerprint density at radius 1 is 1.40 bits per heavy atom. The van der Waals surface area contributed by atoms with Crippen LogP contribution in [0.1, 0.15) is 25.3 Å². The van der Waals surface area contributed by atoms with Gasteiger partial charge in [-0.05, 0) is 18.1 Å². The van der Waals surface area contributed by atoms with Crippen molar-refractivity contribution in [3.8, 4) is 5.75 Å². The summed E-state index contributed by atoms with van der Waals surface area (Å²) in [5.41, 5.74) is 1.30. The summed E-state index contributed by atoms with van der Waals surface area (Å²) in [5.74, 6) is 1.97. The van der Waals surface area contributed by atoms with Crippen LogP contribution >= 0.6 is 0 Å². The van der Waals surface area contributed by atoms with Crippen molar-refractivity contribution in [2.24, 2.45) is 0 Å². The monoisotopic (exact) mass is 271 g/mol. The fourth-order valence-electron chi connectivity index (χ4n) is 2.58. The first-order valence-corrected chi connectivity index (χ1v) is 7.36. The smallest absolute Gasteiger partial charge is 0.202 e. The van der Waals surface area contributed by atoms with Crippen molar-refractivity contribution in [2.75, 3.05) is 11.9 Å². The number of aromatic nitrogens is 2. The van der Waals surface area contributed by atoms with Crippen molar-refractivity contribution in [3.63, 3.8) is 0 Å². The first kappa shape index (κ1) is 13.0. The maximum absolute atomic E-state index is 5.98. The summed E-state index contributed by atoms with van der Waals surface area (Å²) in [7, 11) is 0. The minimum Gasteiger partial charge on any atom is -0.488 e. The van der Waals surface area contributed by atoms with E-state index in [2.05, 4.69) is 33.9 Å². The van der Waals surface area contributed by atoms with Crippen molar-refractivity contribution in [3.05, 3.63) is 42.2 Å². The van der Waals surface area contributed by atoms with Crippen molar-refractivity contribution in [2.45, 2.75) is 38.8 Å². The maximum atomic E-state index is 5.98. The molecule has 1 aromatic carbocycles. The number of anilines is 1. The molecular formula is C16H21N3O. The molecule has 1 aromatic heterocycles. The van der Waals surface area contributed by atoms with Gasteiger partial charge in [-0.3, -0.25) is 0 Å². The Bertz CT molecular complexity index is 539. The topological polar surface area (TPSA) is 39.1 Å². The van der Waals surface area contributed by atoms with E-state index in [9.17, 15) is 0 Å². The summed E-state index contributed by atoms with van der Waals surface area (Å²) in [5, 5.41) is 3.39. The normalized spacial score (nSPS) is 16.8. The summed E-state index contributed by atoms with van der Waals surface area (Å²) in [4.78, 5) is 4.38. The highest BCUT2D eigenvalue weighted by Gasteiger charge is 2.23. The molecule has 4 nitrogen and oxygen atoms in total. The lowest BCUT2D eigenvalue weighted by molar-refractivity contribution is 0.210. The van der Waals surface area contributed by atoms with Gasteiger partial charge >= 0.3 is 0 Å². The highest BCUT2D eigenvalue weighted by Crippen LogP contribution is 2.29. The quantitative estimate of drug-likeness (QED) is 0.821. The highest BCUT2D eigenvalue weighted by molar-refractivity contribution is 5.37. The van der Waals surface area contributed by atoms with Gasteiger partial charge in [0.2, 0.25) is 5.95 Å². The number of hydrogen-bond donors (Lipinski definition) is 1. The van der Waals surface area contributed by atoms with Crippen LogP contribution in [0.3, 0.4) is 0 Å². The lowest BCUT2D eigenvalue weighted by atomic mass is 10.1. The van der Waals surface area contributed by atoms with Crippen molar-refractivity contribution < 1.29 is 4.74 Å². The Morgan fingerprint density at radius 2 is 2.30 bits per heavy atom. The molecule has 0 amide bonds. The van der Waals surface area contributed by atoms with Gasteiger partial charge in [0.1, 0.15) is 11.9 Å². The van der Waals surface area contributed by atoms with Crippen molar-refractivity contribution in [1.29, 1.82) is 0 Å². The molecule has 0 saturated carbocycles. The van der Waals surface area contributed by atoms with Gasteiger partial charge in [0.25, 0.3) is 0 Å². The molecule has 0 spiro atoms. The molecular weight excluding hydrogens is 250 g/mol. The molecule has 0 saturated heterocycles. The summed E-state index contributed by atoms with van der Waals surface area (Å²) in [6.45, 7) is 4.00. The predicted molar refractivity (Wildman–Crippen MR) is 80.2 cm³/mol. The van der Waals surface area contributed by atoms with E-state index in [1.807, 2.05) is 24.5 Å². The SMILES string of the molecule is CCCCNc1nccn1CC1Cc2ccccc2O1.